The second kappa shape index (κ2) is 11.8. The smallest absolute Gasteiger partial charge is 0.303 e. The van der Waals surface area contributed by atoms with Crippen LogP contribution in [0.15, 0.2) is 24.3 Å². The van der Waals surface area contributed by atoms with Gasteiger partial charge in [0.1, 0.15) is 17.3 Å². The van der Waals surface area contributed by atoms with Gasteiger partial charge in [-0.2, -0.15) is 0 Å². The molecule has 0 saturated carbocycles. The molecular formula is C29H40N4O4. The number of nitrogens with one attached hydrogen (secondary N) is 1. The van der Waals surface area contributed by atoms with Crippen molar-refractivity contribution in [2.24, 2.45) is 0 Å². The van der Waals surface area contributed by atoms with Gasteiger partial charge < -0.3 is 19.6 Å². The highest BCUT2D eigenvalue weighted by Gasteiger charge is 2.30. The van der Waals surface area contributed by atoms with Crippen LogP contribution in [0.25, 0.3) is 0 Å². The van der Waals surface area contributed by atoms with E-state index in [9.17, 15) is 9.59 Å². The zero-order valence-corrected chi connectivity index (χ0v) is 23.0. The Labute approximate surface area is 220 Å². The quantitative estimate of drug-likeness (QED) is 0.300. The molecule has 2 N–H and O–H groups in total. The standard InChI is InChI=1S/C29H40N4O4/c1-7-13-32(6)23-16-21(15-22(29(3,4)5)27(23)37-14-9-8-10-25(35)36)24(34)18-33-17-20-12-11-19(2)31-26(20)28(33)30/h11-12,15-16,30H,7-10,13-14,17-18H2,1-6H3,(H,35,36). The summed E-state index contributed by atoms with van der Waals surface area (Å²) in [5.41, 5.74) is 4.57. The van der Waals surface area contributed by atoms with E-state index in [1.807, 2.05) is 38.2 Å². The molecule has 0 saturated heterocycles. The number of pyridine rings is 1. The first-order chi connectivity index (χ1) is 17.4. The SMILES string of the molecule is CCCN(C)c1cc(C(=O)CN2Cc3ccc(C)nc3C2=N)cc(C(C)(C)C)c1OCCCCC(=O)O. The lowest BCUT2D eigenvalue weighted by atomic mass is 9.84. The number of carbonyl (C=O) groups is 2. The number of unbranched alkanes of at least 4 members (excludes halogenated alkanes) is 1. The van der Waals surface area contributed by atoms with Crippen LogP contribution in [-0.2, 0) is 16.8 Å². The van der Waals surface area contributed by atoms with Crippen LogP contribution >= 0.6 is 0 Å². The summed E-state index contributed by atoms with van der Waals surface area (Å²) in [4.78, 5) is 32.8. The van der Waals surface area contributed by atoms with Gasteiger partial charge in [0.15, 0.2) is 5.78 Å². The minimum Gasteiger partial charge on any atom is -0.491 e. The van der Waals surface area contributed by atoms with Crippen LogP contribution < -0.4 is 9.64 Å². The fourth-order valence-electron chi connectivity index (χ4n) is 4.53. The van der Waals surface area contributed by atoms with Crippen molar-refractivity contribution in [3.8, 4) is 5.75 Å². The number of ketones is 1. The molecule has 8 nitrogen and oxygen atoms in total. The van der Waals surface area contributed by atoms with Crippen molar-refractivity contribution >= 4 is 23.3 Å². The number of aromatic nitrogens is 1. The first-order valence-corrected chi connectivity index (χ1v) is 13.0. The van der Waals surface area contributed by atoms with Gasteiger partial charge in [0.05, 0.1) is 18.8 Å². The number of nitrogens with zero attached hydrogens (tertiary/aromatic N) is 3. The maximum Gasteiger partial charge on any atom is 0.303 e. The van der Waals surface area contributed by atoms with E-state index >= 15 is 0 Å². The zero-order valence-electron chi connectivity index (χ0n) is 23.0. The third kappa shape index (κ3) is 6.87. The molecule has 1 aliphatic rings. The first-order valence-electron chi connectivity index (χ1n) is 13.0. The molecule has 0 aliphatic carbocycles. The number of Topliss-reactive ketones (excluding diaryl/α,β-unsaturated/α-hetero) is 1. The van der Waals surface area contributed by atoms with Gasteiger partial charge in [-0.05, 0) is 49.8 Å². The number of carbonyl (C=O) groups excluding carboxylic acids is 1. The predicted octanol–water partition coefficient (Wildman–Crippen LogP) is 5.19. The van der Waals surface area contributed by atoms with Gasteiger partial charge in [-0.15, -0.1) is 0 Å². The van der Waals surface area contributed by atoms with Crippen LogP contribution in [0.5, 0.6) is 5.75 Å². The summed E-state index contributed by atoms with van der Waals surface area (Å²) >= 11 is 0. The Morgan fingerprint density at radius 2 is 1.95 bits per heavy atom. The topological polar surface area (TPSA) is 107 Å². The number of carboxylic acids is 1. The normalized spacial score (nSPS) is 13.0. The van der Waals surface area contributed by atoms with Crippen molar-refractivity contribution < 1.29 is 19.4 Å². The lowest BCUT2D eigenvalue weighted by Gasteiger charge is -2.30. The number of hydrogen-bond acceptors (Lipinski definition) is 6. The number of ether oxygens (including phenoxy) is 1. The molecule has 1 aliphatic heterocycles. The average Bonchev–Trinajstić information content (AvgIpc) is 3.12. The summed E-state index contributed by atoms with van der Waals surface area (Å²) in [5.74, 6) is 0.171. The van der Waals surface area contributed by atoms with Gasteiger partial charge in [0, 0.05) is 48.9 Å². The van der Waals surface area contributed by atoms with Crippen molar-refractivity contribution in [3.05, 3.63) is 52.3 Å². The summed E-state index contributed by atoms with van der Waals surface area (Å²) in [6.45, 7) is 12.1. The number of benzene rings is 1. The van der Waals surface area contributed by atoms with Crippen LogP contribution in [0.1, 0.15) is 86.3 Å². The highest BCUT2D eigenvalue weighted by atomic mass is 16.5. The minimum absolute atomic E-state index is 0.0565. The molecule has 1 aromatic heterocycles. The Bertz CT molecular complexity index is 1170. The number of aliphatic carboxylic acids is 1. The number of rotatable bonds is 12. The zero-order chi connectivity index (χ0) is 27.3. The number of carboxylic acid groups (broad SMARTS) is 1. The summed E-state index contributed by atoms with van der Waals surface area (Å²) in [7, 11) is 2.00. The number of anilines is 1. The Kier molecular flexibility index (Phi) is 8.94. The van der Waals surface area contributed by atoms with E-state index in [4.69, 9.17) is 15.3 Å². The van der Waals surface area contributed by atoms with E-state index in [0.29, 0.717) is 37.3 Å². The summed E-state index contributed by atoms with van der Waals surface area (Å²) < 4.78 is 6.28. The third-order valence-corrected chi connectivity index (χ3v) is 6.56. The number of amidine groups is 1. The lowest BCUT2D eigenvalue weighted by molar-refractivity contribution is -0.137. The van der Waals surface area contributed by atoms with E-state index in [1.54, 1.807) is 4.90 Å². The van der Waals surface area contributed by atoms with E-state index < -0.39 is 5.97 Å². The Morgan fingerprint density at radius 1 is 1.22 bits per heavy atom. The molecule has 0 spiro atoms. The molecule has 0 atom stereocenters. The van der Waals surface area contributed by atoms with E-state index in [1.165, 1.54) is 0 Å². The van der Waals surface area contributed by atoms with E-state index in [2.05, 4.69) is 37.6 Å². The number of fused-ring (bicyclic) bond motifs is 1. The fourth-order valence-corrected chi connectivity index (χ4v) is 4.53. The molecule has 0 bridgehead atoms. The Hall–Kier alpha value is -3.42. The van der Waals surface area contributed by atoms with Gasteiger partial charge in [0.25, 0.3) is 0 Å². The van der Waals surface area contributed by atoms with Crippen LogP contribution in [0.4, 0.5) is 5.69 Å². The summed E-state index contributed by atoms with van der Waals surface area (Å²) in [5, 5.41) is 17.5. The van der Waals surface area contributed by atoms with Crippen LogP contribution in [0.2, 0.25) is 0 Å². The summed E-state index contributed by atoms with van der Waals surface area (Å²) in [6.07, 6.45) is 2.25. The van der Waals surface area contributed by atoms with Crippen molar-refractivity contribution in [3.63, 3.8) is 0 Å². The van der Waals surface area contributed by atoms with Crippen molar-refractivity contribution in [2.45, 2.75) is 72.3 Å². The Morgan fingerprint density at radius 3 is 2.59 bits per heavy atom. The van der Waals surface area contributed by atoms with Gasteiger partial charge in [-0.3, -0.25) is 15.0 Å². The van der Waals surface area contributed by atoms with Crippen LogP contribution in [0.3, 0.4) is 0 Å². The molecule has 0 amide bonds. The molecular weight excluding hydrogens is 468 g/mol. The Balaban J connectivity index is 1.90. The molecule has 200 valence electrons. The first kappa shape index (κ1) is 28.2. The predicted molar refractivity (Wildman–Crippen MR) is 146 cm³/mol. The molecule has 0 radical (unpaired) electrons. The van der Waals surface area contributed by atoms with Gasteiger partial charge in [-0.1, -0.05) is 33.8 Å². The largest absolute Gasteiger partial charge is 0.491 e. The average molecular weight is 509 g/mol. The van der Waals surface area contributed by atoms with Gasteiger partial charge in [0.2, 0.25) is 0 Å². The molecule has 37 heavy (non-hydrogen) atoms. The molecule has 2 heterocycles. The maximum atomic E-state index is 13.6. The van der Waals surface area contributed by atoms with Crippen molar-refractivity contribution in [2.75, 3.05) is 31.6 Å². The highest BCUT2D eigenvalue weighted by Crippen LogP contribution is 2.40. The van der Waals surface area contributed by atoms with Crippen molar-refractivity contribution in [1.29, 1.82) is 5.41 Å². The second-order valence-electron chi connectivity index (χ2n) is 10.8. The molecule has 0 unspecified atom stereocenters. The summed E-state index contributed by atoms with van der Waals surface area (Å²) in [6, 6.07) is 7.74. The van der Waals surface area contributed by atoms with E-state index in [-0.39, 0.29) is 30.0 Å². The monoisotopic (exact) mass is 508 g/mol. The third-order valence-electron chi connectivity index (χ3n) is 6.56. The molecule has 1 aromatic carbocycles. The maximum absolute atomic E-state index is 13.6. The van der Waals surface area contributed by atoms with Gasteiger partial charge >= 0.3 is 5.97 Å². The molecule has 3 rings (SSSR count). The molecule has 0 fully saturated rings. The van der Waals surface area contributed by atoms with Gasteiger partial charge in [-0.25, -0.2) is 4.98 Å². The second-order valence-corrected chi connectivity index (χ2v) is 10.8. The molecule has 2 aromatic rings. The van der Waals surface area contributed by atoms with Crippen LogP contribution in [-0.4, -0.2) is 59.3 Å². The number of aryl methyl sites for hydroxylation is 1. The van der Waals surface area contributed by atoms with Crippen LogP contribution in [0, 0.1) is 12.3 Å². The minimum atomic E-state index is -0.804. The molecule has 8 heteroatoms. The van der Waals surface area contributed by atoms with Crippen molar-refractivity contribution in [1.82, 2.24) is 9.88 Å². The fraction of sp³-hybridized carbons (Fsp3) is 0.517. The number of hydrogen-bond donors (Lipinski definition) is 2. The highest BCUT2D eigenvalue weighted by molar-refractivity contribution is 6.05. The van der Waals surface area contributed by atoms with E-state index in [0.717, 1.165) is 41.2 Å². The lowest BCUT2D eigenvalue weighted by Crippen LogP contribution is -2.31.